The first-order valence-corrected chi connectivity index (χ1v) is 13.9. The Kier molecular flexibility index (Phi) is 12.1. The third kappa shape index (κ3) is 9.57. The highest BCUT2D eigenvalue weighted by atomic mass is 16.7. The minimum atomic E-state index is -1.55. The first-order valence-electron chi connectivity index (χ1n) is 13.9. The molecule has 2 aromatic carbocycles. The average Bonchev–Trinajstić information content (AvgIpc) is 2.98. The quantitative estimate of drug-likeness (QED) is 0.268. The highest BCUT2D eigenvalue weighted by Gasteiger charge is 2.53. The van der Waals surface area contributed by atoms with E-state index in [4.69, 9.17) is 37.9 Å². The van der Waals surface area contributed by atoms with Gasteiger partial charge in [0.2, 0.25) is 12.4 Å². The van der Waals surface area contributed by atoms with Gasteiger partial charge in [0.25, 0.3) is 5.91 Å². The van der Waals surface area contributed by atoms with Crippen molar-refractivity contribution in [3.05, 3.63) is 53.6 Å². The van der Waals surface area contributed by atoms with Gasteiger partial charge in [0, 0.05) is 33.8 Å². The van der Waals surface area contributed by atoms with Crippen LogP contribution in [-0.2, 0) is 42.9 Å². The summed E-state index contributed by atoms with van der Waals surface area (Å²) in [5.41, 5.74) is 0.865. The van der Waals surface area contributed by atoms with Crippen molar-refractivity contribution in [3.63, 3.8) is 0 Å². The van der Waals surface area contributed by atoms with E-state index in [9.17, 15) is 24.0 Å². The SMILES string of the molecule is COc1ccc(C(C)NC(=O)c2ccc(OC)cc2OC2OC(COC(C)=O)C(OC(C)=O)C(OC(C)=O)C2OC(C)=O)cc1. The number of carbonyl (C=O) groups is 5. The zero-order valence-corrected chi connectivity index (χ0v) is 26.0. The third-order valence-corrected chi connectivity index (χ3v) is 6.59. The second-order valence-electron chi connectivity index (χ2n) is 10.0. The van der Waals surface area contributed by atoms with Crippen LogP contribution in [0.25, 0.3) is 0 Å². The molecule has 0 aromatic heterocycles. The fraction of sp³-hybridized carbons (Fsp3) is 0.452. The van der Waals surface area contributed by atoms with E-state index in [2.05, 4.69) is 5.32 Å². The molecule has 6 unspecified atom stereocenters. The standard InChI is InChI=1S/C31H37NO13/c1-16(21-8-10-22(38-6)11-9-21)32-30(37)24-13-12-23(39-7)14-25(24)44-31-29(43-20(5)36)28(42-19(4)35)27(41-18(3)34)26(45-31)15-40-17(2)33/h8-14,16,26-29,31H,15H2,1-7H3,(H,32,37). The van der Waals surface area contributed by atoms with E-state index in [0.717, 1.165) is 33.3 Å². The smallest absolute Gasteiger partial charge is 0.303 e. The number of nitrogens with one attached hydrogen (secondary N) is 1. The van der Waals surface area contributed by atoms with Crippen molar-refractivity contribution in [2.24, 2.45) is 0 Å². The molecule has 1 heterocycles. The Labute approximate surface area is 260 Å². The van der Waals surface area contributed by atoms with Crippen LogP contribution in [0, 0.1) is 0 Å². The minimum absolute atomic E-state index is 0.0466. The van der Waals surface area contributed by atoms with Crippen molar-refractivity contribution in [1.29, 1.82) is 0 Å². The maximum atomic E-state index is 13.5. The van der Waals surface area contributed by atoms with Gasteiger partial charge in [0.05, 0.1) is 25.8 Å². The highest BCUT2D eigenvalue weighted by molar-refractivity contribution is 5.97. The first-order chi connectivity index (χ1) is 21.3. The maximum Gasteiger partial charge on any atom is 0.303 e. The van der Waals surface area contributed by atoms with Gasteiger partial charge < -0.3 is 43.2 Å². The van der Waals surface area contributed by atoms with Crippen molar-refractivity contribution in [1.82, 2.24) is 5.32 Å². The molecule has 45 heavy (non-hydrogen) atoms. The summed E-state index contributed by atoms with van der Waals surface area (Å²) >= 11 is 0. The molecular weight excluding hydrogens is 594 g/mol. The number of amides is 1. The normalized spacial score (nSPS) is 21.4. The molecule has 0 spiro atoms. The summed E-state index contributed by atoms with van der Waals surface area (Å²) in [6.45, 7) is 5.85. The zero-order valence-electron chi connectivity index (χ0n) is 26.0. The van der Waals surface area contributed by atoms with Gasteiger partial charge in [0.15, 0.2) is 12.2 Å². The number of methoxy groups -OCH3 is 2. The summed E-state index contributed by atoms with van der Waals surface area (Å²) in [5.74, 6) is -2.63. The van der Waals surface area contributed by atoms with Crippen molar-refractivity contribution < 1.29 is 61.9 Å². The lowest BCUT2D eigenvalue weighted by Gasteiger charge is -2.44. The van der Waals surface area contributed by atoms with Gasteiger partial charge in [0.1, 0.15) is 30.0 Å². The molecular formula is C31H37NO13. The lowest BCUT2D eigenvalue weighted by Crippen LogP contribution is -2.63. The number of ether oxygens (including phenoxy) is 8. The van der Waals surface area contributed by atoms with Gasteiger partial charge >= 0.3 is 23.9 Å². The number of carbonyl (C=O) groups excluding carboxylic acids is 5. The van der Waals surface area contributed by atoms with E-state index in [0.29, 0.717) is 11.5 Å². The van der Waals surface area contributed by atoms with E-state index in [-0.39, 0.29) is 11.3 Å². The molecule has 14 nitrogen and oxygen atoms in total. The summed E-state index contributed by atoms with van der Waals surface area (Å²) in [4.78, 5) is 61.5. The fourth-order valence-electron chi connectivity index (χ4n) is 4.57. The Morgan fingerprint density at radius 2 is 1.31 bits per heavy atom. The van der Waals surface area contributed by atoms with Crippen molar-refractivity contribution in [2.75, 3.05) is 20.8 Å². The number of rotatable bonds is 12. The molecule has 1 aliphatic rings. The Bertz CT molecular complexity index is 1380. The predicted molar refractivity (Wildman–Crippen MR) is 154 cm³/mol. The molecule has 2 aromatic rings. The van der Waals surface area contributed by atoms with E-state index in [1.54, 1.807) is 32.2 Å². The summed E-state index contributed by atoms with van der Waals surface area (Å²) in [7, 11) is 2.97. The molecule has 244 valence electrons. The highest BCUT2D eigenvalue weighted by Crippen LogP contribution is 2.34. The Morgan fingerprint density at radius 1 is 0.756 bits per heavy atom. The summed E-state index contributed by atoms with van der Waals surface area (Å²) < 4.78 is 44.1. The van der Waals surface area contributed by atoms with Gasteiger partial charge in [-0.25, -0.2) is 0 Å². The van der Waals surface area contributed by atoms with Crippen LogP contribution in [-0.4, -0.2) is 81.3 Å². The van der Waals surface area contributed by atoms with Crippen LogP contribution in [0.15, 0.2) is 42.5 Å². The number of hydrogen-bond donors (Lipinski definition) is 1. The lowest BCUT2D eigenvalue weighted by atomic mass is 9.98. The van der Waals surface area contributed by atoms with Crippen LogP contribution in [0.5, 0.6) is 17.2 Å². The predicted octanol–water partition coefficient (Wildman–Crippen LogP) is 2.66. The monoisotopic (exact) mass is 631 g/mol. The molecule has 3 rings (SSSR count). The molecule has 1 fully saturated rings. The topological polar surface area (TPSA) is 171 Å². The molecule has 1 aliphatic heterocycles. The van der Waals surface area contributed by atoms with Gasteiger partial charge in [-0.2, -0.15) is 0 Å². The zero-order chi connectivity index (χ0) is 33.3. The summed E-state index contributed by atoms with van der Waals surface area (Å²) in [6, 6.07) is 11.2. The van der Waals surface area contributed by atoms with Crippen LogP contribution in [0.4, 0.5) is 0 Å². The molecule has 1 saturated heterocycles. The third-order valence-electron chi connectivity index (χ3n) is 6.59. The van der Waals surface area contributed by atoms with Gasteiger partial charge in [-0.15, -0.1) is 0 Å². The van der Waals surface area contributed by atoms with Crippen LogP contribution in [0.3, 0.4) is 0 Å². The lowest BCUT2D eigenvalue weighted by molar-refractivity contribution is -0.288. The van der Waals surface area contributed by atoms with E-state index in [1.165, 1.54) is 19.2 Å². The van der Waals surface area contributed by atoms with Gasteiger partial charge in [-0.05, 0) is 36.8 Å². The molecule has 14 heteroatoms. The van der Waals surface area contributed by atoms with E-state index in [1.807, 2.05) is 12.1 Å². The number of benzene rings is 2. The molecule has 0 aliphatic carbocycles. The summed E-state index contributed by atoms with van der Waals surface area (Å²) in [6.07, 6.45) is -7.11. The van der Waals surface area contributed by atoms with E-state index >= 15 is 0 Å². The Balaban J connectivity index is 2.01. The molecule has 6 atom stereocenters. The number of hydrogen-bond acceptors (Lipinski definition) is 13. The Morgan fingerprint density at radius 3 is 1.87 bits per heavy atom. The molecule has 0 bridgehead atoms. The second-order valence-corrected chi connectivity index (χ2v) is 10.0. The van der Waals surface area contributed by atoms with Crippen molar-refractivity contribution in [2.45, 2.75) is 71.4 Å². The van der Waals surface area contributed by atoms with Crippen LogP contribution < -0.4 is 19.5 Å². The first kappa shape index (κ1) is 34.6. The van der Waals surface area contributed by atoms with Gasteiger partial charge in [-0.3, -0.25) is 24.0 Å². The Hall–Kier alpha value is -4.85. The largest absolute Gasteiger partial charge is 0.497 e. The second kappa shape index (κ2) is 15.7. The molecule has 0 saturated carbocycles. The maximum absolute atomic E-state index is 13.5. The number of esters is 4. The fourth-order valence-corrected chi connectivity index (χ4v) is 4.57. The van der Waals surface area contributed by atoms with Crippen LogP contribution >= 0.6 is 0 Å². The molecule has 1 N–H and O–H groups in total. The van der Waals surface area contributed by atoms with Crippen molar-refractivity contribution in [3.8, 4) is 17.2 Å². The minimum Gasteiger partial charge on any atom is -0.497 e. The van der Waals surface area contributed by atoms with Crippen molar-refractivity contribution >= 4 is 29.8 Å². The molecule has 0 radical (unpaired) electrons. The van der Waals surface area contributed by atoms with Crippen LogP contribution in [0.1, 0.15) is 56.6 Å². The average molecular weight is 632 g/mol. The summed E-state index contributed by atoms with van der Waals surface area (Å²) in [5, 5.41) is 2.90. The van der Waals surface area contributed by atoms with Crippen LogP contribution in [0.2, 0.25) is 0 Å². The molecule has 1 amide bonds. The van der Waals surface area contributed by atoms with Gasteiger partial charge in [-0.1, -0.05) is 12.1 Å². The van der Waals surface area contributed by atoms with E-state index < -0.39 is 73.1 Å².